The van der Waals surface area contributed by atoms with E-state index in [4.69, 9.17) is 11.5 Å². The summed E-state index contributed by atoms with van der Waals surface area (Å²) in [7, 11) is 0. The quantitative estimate of drug-likeness (QED) is 0.751. The van der Waals surface area contributed by atoms with Crippen molar-refractivity contribution in [3.63, 3.8) is 0 Å². The Hall–Kier alpha value is -2.77. The number of halogens is 3. The molecule has 0 bridgehead atoms. The van der Waals surface area contributed by atoms with Crippen molar-refractivity contribution >= 4 is 17.6 Å². The van der Waals surface area contributed by atoms with Crippen LogP contribution in [0.5, 0.6) is 0 Å². The average Bonchev–Trinajstić information content (AvgIpc) is 2.44. The van der Waals surface area contributed by atoms with Crippen molar-refractivity contribution in [3.8, 4) is 0 Å². The Kier molecular flexibility index (Phi) is 3.39. The topological polar surface area (TPSA) is 89.8 Å². The second-order valence-corrected chi connectivity index (χ2v) is 5.27. The first-order valence-corrected chi connectivity index (χ1v) is 6.82. The first-order valence-electron chi connectivity index (χ1n) is 6.82. The normalized spacial score (nSPS) is 17.2. The van der Waals surface area contributed by atoms with Gasteiger partial charge in [0.2, 0.25) is 5.95 Å². The minimum Gasteiger partial charge on any atom is -0.383 e. The Balaban J connectivity index is 2.24. The molecule has 1 unspecified atom stereocenters. The summed E-state index contributed by atoms with van der Waals surface area (Å²) in [6.45, 7) is 1.74. The first kappa shape index (κ1) is 15.1. The number of fused-ring (bicyclic) bond motifs is 1. The number of hydrogen-bond donors (Lipinski definition) is 3. The van der Waals surface area contributed by atoms with Crippen LogP contribution < -0.4 is 16.8 Å². The highest BCUT2D eigenvalue weighted by atomic mass is 19.4. The van der Waals surface area contributed by atoms with Crippen molar-refractivity contribution in [2.45, 2.75) is 19.0 Å². The second kappa shape index (κ2) is 5.15. The molecule has 1 atom stereocenters. The lowest BCUT2D eigenvalue weighted by Crippen LogP contribution is -2.20. The highest BCUT2D eigenvalue weighted by Gasteiger charge is 2.37. The van der Waals surface area contributed by atoms with Gasteiger partial charge in [-0.15, -0.1) is 0 Å². The number of alkyl halides is 3. The van der Waals surface area contributed by atoms with Gasteiger partial charge in [0.15, 0.2) is 0 Å². The fourth-order valence-electron chi connectivity index (χ4n) is 2.74. The van der Waals surface area contributed by atoms with Crippen LogP contribution in [0, 0.1) is 0 Å². The molecule has 0 amide bonds. The Morgan fingerprint density at radius 2 is 1.83 bits per heavy atom. The number of hydrogen-bond acceptors (Lipinski definition) is 5. The van der Waals surface area contributed by atoms with E-state index in [2.05, 4.69) is 15.3 Å². The number of anilines is 3. The van der Waals surface area contributed by atoms with Crippen LogP contribution in [-0.2, 0) is 6.18 Å². The molecule has 0 aliphatic carbocycles. The molecule has 0 saturated heterocycles. The molecule has 2 aromatic rings. The van der Waals surface area contributed by atoms with E-state index in [0.29, 0.717) is 17.1 Å². The smallest absolute Gasteiger partial charge is 0.383 e. The molecule has 3 rings (SSSR count). The number of nitrogens with two attached hydrogens (primary N) is 2. The Labute approximate surface area is 130 Å². The van der Waals surface area contributed by atoms with Crippen LogP contribution in [0.1, 0.15) is 29.5 Å². The number of aromatic nitrogens is 2. The maximum atomic E-state index is 13.3. The van der Waals surface area contributed by atoms with Crippen molar-refractivity contribution in [2.24, 2.45) is 0 Å². The van der Waals surface area contributed by atoms with Gasteiger partial charge in [-0.3, -0.25) is 0 Å². The molecule has 0 spiro atoms. The molecule has 23 heavy (non-hydrogen) atoms. The number of nitrogens with zero attached hydrogens (tertiary/aromatic N) is 2. The zero-order valence-electron chi connectivity index (χ0n) is 12.1. The summed E-state index contributed by atoms with van der Waals surface area (Å²) in [6.07, 6.45) is -2.80. The molecular weight excluding hydrogens is 307 g/mol. The lowest BCUT2D eigenvalue weighted by molar-refractivity contribution is -0.138. The molecule has 0 saturated carbocycles. The van der Waals surface area contributed by atoms with E-state index in [1.807, 2.05) is 0 Å². The van der Waals surface area contributed by atoms with Gasteiger partial charge in [-0.1, -0.05) is 24.3 Å². The molecular formula is C15H14F3N5. The highest BCUT2D eigenvalue weighted by molar-refractivity contribution is 5.68. The molecule has 1 aromatic carbocycles. The third-order valence-corrected chi connectivity index (χ3v) is 3.64. The van der Waals surface area contributed by atoms with E-state index < -0.39 is 17.7 Å². The average molecular weight is 321 g/mol. The molecule has 0 radical (unpaired) electrons. The van der Waals surface area contributed by atoms with Gasteiger partial charge in [0, 0.05) is 17.2 Å². The number of rotatable bonds is 1. The van der Waals surface area contributed by atoms with Crippen LogP contribution >= 0.6 is 0 Å². The van der Waals surface area contributed by atoms with Crippen molar-refractivity contribution in [2.75, 3.05) is 16.8 Å². The first-order chi connectivity index (χ1) is 10.8. The van der Waals surface area contributed by atoms with Crippen molar-refractivity contribution < 1.29 is 13.2 Å². The van der Waals surface area contributed by atoms with Gasteiger partial charge in [-0.2, -0.15) is 23.1 Å². The van der Waals surface area contributed by atoms with E-state index in [1.54, 1.807) is 19.1 Å². The summed E-state index contributed by atoms with van der Waals surface area (Å²) in [6, 6.07) is 5.40. The zero-order chi connectivity index (χ0) is 16.8. The highest BCUT2D eigenvalue weighted by Crippen LogP contribution is 2.43. The standard InChI is InChI=1S/C15H14F3N5/c1-7-6-9(8-4-2-3-5-10(8)15(16,17)18)11-12(19)22-14(20)23-13(11)21-7/h2-6,9H,1H3,(H5,19,20,21,22,23). The summed E-state index contributed by atoms with van der Waals surface area (Å²) < 4.78 is 40.0. The van der Waals surface area contributed by atoms with Crippen molar-refractivity contribution in [1.82, 2.24) is 9.97 Å². The summed E-state index contributed by atoms with van der Waals surface area (Å²) in [5.74, 6) is -0.348. The van der Waals surface area contributed by atoms with Crippen LogP contribution in [0.2, 0.25) is 0 Å². The summed E-state index contributed by atoms with van der Waals surface area (Å²) in [5, 5.41) is 2.97. The summed E-state index contributed by atoms with van der Waals surface area (Å²) >= 11 is 0. The predicted molar refractivity (Wildman–Crippen MR) is 81.5 cm³/mol. The minimum atomic E-state index is -4.47. The van der Waals surface area contributed by atoms with E-state index in [-0.39, 0.29) is 17.3 Å². The molecule has 5 N–H and O–H groups in total. The third-order valence-electron chi connectivity index (χ3n) is 3.64. The van der Waals surface area contributed by atoms with Crippen LogP contribution in [0.3, 0.4) is 0 Å². The fourth-order valence-corrected chi connectivity index (χ4v) is 2.74. The van der Waals surface area contributed by atoms with Gasteiger partial charge in [-0.25, -0.2) is 0 Å². The third kappa shape index (κ3) is 2.67. The molecule has 2 heterocycles. The maximum Gasteiger partial charge on any atom is 0.416 e. The molecule has 120 valence electrons. The summed E-state index contributed by atoms with van der Waals surface area (Å²) in [5.41, 5.74) is 11.9. The van der Waals surface area contributed by atoms with Crippen LogP contribution in [0.15, 0.2) is 36.0 Å². The number of nitrogens with one attached hydrogen (secondary N) is 1. The molecule has 1 aromatic heterocycles. The van der Waals surface area contributed by atoms with Crippen molar-refractivity contribution in [3.05, 3.63) is 52.7 Å². The maximum absolute atomic E-state index is 13.3. The molecule has 5 nitrogen and oxygen atoms in total. The fraction of sp³-hybridized carbons (Fsp3) is 0.200. The zero-order valence-corrected chi connectivity index (χ0v) is 12.1. The Bertz CT molecular complexity index is 798. The van der Waals surface area contributed by atoms with Gasteiger partial charge in [0.1, 0.15) is 11.6 Å². The molecule has 8 heteroatoms. The van der Waals surface area contributed by atoms with E-state index in [0.717, 1.165) is 6.07 Å². The number of allylic oxidation sites excluding steroid dienone is 2. The van der Waals surface area contributed by atoms with Gasteiger partial charge in [-0.05, 0) is 18.6 Å². The largest absolute Gasteiger partial charge is 0.416 e. The van der Waals surface area contributed by atoms with E-state index in [9.17, 15) is 13.2 Å². The number of nitrogen functional groups attached to an aromatic ring is 2. The minimum absolute atomic E-state index is 0.0358. The summed E-state index contributed by atoms with van der Waals surface area (Å²) in [4.78, 5) is 7.92. The van der Waals surface area contributed by atoms with Crippen LogP contribution in [0.25, 0.3) is 0 Å². The van der Waals surface area contributed by atoms with Gasteiger partial charge in [0.05, 0.1) is 5.56 Å². The molecule has 1 aliphatic heterocycles. The second-order valence-electron chi connectivity index (χ2n) is 5.27. The Morgan fingerprint density at radius 3 is 2.52 bits per heavy atom. The molecule has 0 fully saturated rings. The van der Waals surface area contributed by atoms with Crippen LogP contribution in [-0.4, -0.2) is 9.97 Å². The van der Waals surface area contributed by atoms with Gasteiger partial charge >= 0.3 is 6.18 Å². The molecule has 1 aliphatic rings. The lowest BCUT2D eigenvalue weighted by atomic mass is 9.86. The SMILES string of the molecule is CC1=CC(c2ccccc2C(F)(F)F)c2c(N)nc(N)nc2N1. The van der Waals surface area contributed by atoms with E-state index >= 15 is 0 Å². The van der Waals surface area contributed by atoms with Gasteiger partial charge < -0.3 is 16.8 Å². The Morgan fingerprint density at radius 1 is 1.13 bits per heavy atom. The monoisotopic (exact) mass is 321 g/mol. The van der Waals surface area contributed by atoms with Gasteiger partial charge in [0.25, 0.3) is 0 Å². The van der Waals surface area contributed by atoms with Crippen molar-refractivity contribution in [1.29, 1.82) is 0 Å². The van der Waals surface area contributed by atoms with Crippen LogP contribution in [0.4, 0.5) is 30.8 Å². The van der Waals surface area contributed by atoms with E-state index in [1.165, 1.54) is 12.1 Å². The predicted octanol–water partition coefficient (Wildman–Crippen LogP) is 3.12. The lowest BCUT2D eigenvalue weighted by Gasteiger charge is -2.27. The number of benzene rings is 1.